The van der Waals surface area contributed by atoms with Gasteiger partial charge in [-0.2, -0.15) is 0 Å². The number of hydrogen-bond acceptors (Lipinski definition) is 4. The number of rotatable bonds is 3. The van der Waals surface area contributed by atoms with E-state index in [2.05, 4.69) is 27.1 Å². The zero-order valence-electron chi connectivity index (χ0n) is 14.6. The molecule has 1 aliphatic heterocycles. The van der Waals surface area contributed by atoms with Crippen LogP contribution in [0.1, 0.15) is 36.9 Å². The summed E-state index contributed by atoms with van der Waals surface area (Å²) in [6.45, 7) is 5.15. The highest BCUT2D eigenvalue weighted by atomic mass is 16.2. The van der Waals surface area contributed by atoms with Crippen LogP contribution < -0.4 is 5.32 Å². The highest BCUT2D eigenvalue weighted by molar-refractivity contribution is 5.93. The maximum absolute atomic E-state index is 12.0. The van der Waals surface area contributed by atoms with E-state index in [-0.39, 0.29) is 5.91 Å². The molecule has 0 bridgehead atoms. The van der Waals surface area contributed by atoms with Gasteiger partial charge in [0.15, 0.2) is 0 Å². The van der Waals surface area contributed by atoms with E-state index in [1.807, 2.05) is 42.2 Å². The summed E-state index contributed by atoms with van der Waals surface area (Å²) in [5.74, 6) is 7.11. The SMILES string of the molecule is CC#CC(=O)N1CCCC(c2ccnc(Nc3cccc(C)n3)c2)C1. The molecule has 5 nitrogen and oxygen atoms in total. The van der Waals surface area contributed by atoms with Gasteiger partial charge in [-0.3, -0.25) is 4.79 Å². The summed E-state index contributed by atoms with van der Waals surface area (Å²) >= 11 is 0. The molecule has 25 heavy (non-hydrogen) atoms. The first-order chi connectivity index (χ1) is 12.2. The van der Waals surface area contributed by atoms with E-state index in [0.717, 1.165) is 36.7 Å². The second kappa shape index (κ2) is 7.80. The Kier molecular flexibility index (Phi) is 5.30. The Balaban J connectivity index is 1.74. The zero-order chi connectivity index (χ0) is 17.6. The summed E-state index contributed by atoms with van der Waals surface area (Å²) in [6.07, 6.45) is 3.86. The molecular formula is C20H22N4O. The quantitative estimate of drug-likeness (QED) is 0.876. The second-order valence-electron chi connectivity index (χ2n) is 6.23. The van der Waals surface area contributed by atoms with Gasteiger partial charge in [0, 0.05) is 30.9 Å². The predicted molar refractivity (Wildman–Crippen MR) is 98.5 cm³/mol. The van der Waals surface area contributed by atoms with E-state index in [1.54, 1.807) is 13.1 Å². The van der Waals surface area contributed by atoms with Crippen LogP contribution in [0.5, 0.6) is 0 Å². The van der Waals surface area contributed by atoms with E-state index in [4.69, 9.17) is 0 Å². The highest BCUT2D eigenvalue weighted by Crippen LogP contribution is 2.28. The van der Waals surface area contributed by atoms with Gasteiger partial charge in [-0.1, -0.05) is 12.0 Å². The van der Waals surface area contributed by atoms with Crippen LogP contribution >= 0.6 is 0 Å². The fourth-order valence-corrected chi connectivity index (χ4v) is 3.13. The lowest BCUT2D eigenvalue weighted by molar-refractivity contribution is -0.126. The normalized spacial score (nSPS) is 16.7. The molecule has 0 aromatic carbocycles. The van der Waals surface area contributed by atoms with Crippen molar-refractivity contribution < 1.29 is 4.79 Å². The van der Waals surface area contributed by atoms with E-state index in [1.165, 1.54) is 5.56 Å². The van der Waals surface area contributed by atoms with Gasteiger partial charge >= 0.3 is 0 Å². The molecule has 0 radical (unpaired) electrons. The Labute approximate surface area is 148 Å². The Bertz CT molecular complexity index is 822. The Morgan fingerprint density at radius 3 is 3.00 bits per heavy atom. The van der Waals surface area contributed by atoms with Crippen LogP contribution in [0, 0.1) is 18.8 Å². The molecular weight excluding hydrogens is 312 g/mol. The summed E-state index contributed by atoms with van der Waals surface area (Å²) < 4.78 is 0. The number of pyridine rings is 2. The van der Waals surface area contributed by atoms with Crippen molar-refractivity contribution in [3.05, 3.63) is 47.8 Å². The van der Waals surface area contributed by atoms with E-state index in [9.17, 15) is 4.79 Å². The van der Waals surface area contributed by atoms with Crippen molar-refractivity contribution in [2.45, 2.75) is 32.6 Å². The average molecular weight is 334 g/mol. The molecule has 1 fully saturated rings. The highest BCUT2D eigenvalue weighted by Gasteiger charge is 2.24. The van der Waals surface area contributed by atoms with Gasteiger partial charge in [-0.05, 0) is 62.4 Å². The molecule has 1 saturated heterocycles. The van der Waals surface area contributed by atoms with Crippen LogP contribution in [-0.4, -0.2) is 33.9 Å². The minimum Gasteiger partial charge on any atom is -0.331 e. The van der Waals surface area contributed by atoms with Gasteiger partial charge in [0.25, 0.3) is 5.91 Å². The van der Waals surface area contributed by atoms with Crippen LogP contribution in [0.15, 0.2) is 36.5 Å². The summed E-state index contributed by atoms with van der Waals surface area (Å²) in [7, 11) is 0. The average Bonchev–Trinajstić information content (AvgIpc) is 2.62. The molecule has 3 rings (SSSR count). The molecule has 0 aliphatic carbocycles. The summed E-state index contributed by atoms with van der Waals surface area (Å²) in [5.41, 5.74) is 2.15. The van der Waals surface area contributed by atoms with Crippen LogP contribution in [0.2, 0.25) is 0 Å². The number of carbonyl (C=O) groups is 1. The van der Waals surface area contributed by atoms with Crippen molar-refractivity contribution >= 4 is 17.5 Å². The monoisotopic (exact) mass is 334 g/mol. The van der Waals surface area contributed by atoms with Crippen molar-refractivity contribution in [2.24, 2.45) is 0 Å². The molecule has 1 amide bonds. The Morgan fingerprint density at radius 1 is 1.32 bits per heavy atom. The summed E-state index contributed by atoms with van der Waals surface area (Å²) in [5, 5.41) is 3.25. The maximum Gasteiger partial charge on any atom is 0.298 e. The minimum atomic E-state index is -0.0800. The number of aryl methyl sites for hydroxylation is 1. The first kappa shape index (κ1) is 17.0. The third kappa shape index (κ3) is 4.36. The summed E-state index contributed by atoms with van der Waals surface area (Å²) in [6, 6.07) is 9.93. The molecule has 0 saturated carbocycles. The third-order valence-corrected chi connectivity index (χ3v) is 4.34. The van der Waals surface area contributed by atoms with Crippen molar-refractivity contribution in [3.63, 3.8) is 0 Å². The van der Waals surface area contributed by atoms with Crippen LogP contribution in [0.4, 0.5) is 11.6 Å². The molecule has 1 unspecified atom stereocenters. The number of hydrogen-bond donors (Lipinski definition) is 1. The van der Waals surface area contributed by atoms with Gasteiger partial charge in [0.05, 0.1) is 0 Å². The lowest BCUT2D eigenvalue weighted by Gasteiger charge is -2.31. The fraction of sp³-hybridized carbons (Fsp3) is 0.350. The molecule has 1 aliphatic rings. The zero-order valence-corrected chi connectivity index (χ0v) is 14.6. The van der Waals surface area contributed by atoms with Gasteiger partial charge < -0.3 is 10.2 Å². The number of aromatic nitrogens is 2. The molecule has 1 N–H and O–H groups in total. The van der Waals surface area contributed by atoms with E-state index in [0.29, 0.717) is 12.5 Å². The lowest BCUT2D eigenvalue weighted by Crippen LogP contribution is -2.38. The number of amides is 1. The van der Waals surface area contributed by atoms with Crippen molar-refractivity contribution in [1.29, 1.82) is 0 Å². The molecule has 2 aromatic heterocycles. The Morgan fingerprint density at radius 2 is 2.20 bits per heavy atom. The number of carbonyl (C=O) groups excluding carboxylic acids is 1. The number of anilines is 2. The first-order valence-electron chi connectivity index (χ1n) is 8.54. The number of nitrogens with one attached hydrogen (secondary N) is 1. The number of likely N-dealkylation sites (tertiary alicyclic amines) is 1. The second-order valence-corrected chi connectivity index (χ2v) is 6.23. The number of piperidine rings is 1. The standard InChI is InChI=1S/C20H22N4O/c1-3-6-20(25)24-12-5-8-17(14-24)16-10-11-21-19(13-16)23-18-9-4-7-15(2)22-18/h4,7,9-11,13,17H,5,8,12,14H2,1-2H3,(H,21,22,23). The fourth-order valence-electron chi connectivity index (χ4n) is 3.13. The molecule has 5 heteroatoms. The molecule has 128 valence electrons. The van der Waals surface area contributed by atoms with Crippen molar-refractivity contribution in [3.8, 4) is 11.8 Å². The van der Waals surface area contributed by atoms with Crippen molar-refractivity contribution in [1.82, 2.24) is 14.9 Å². The van der Waals surface area contributed by atoms with Gasteiger partial charge in [-0.15, -0.1) is 0 Å². The van der Waals surface area contributed by atoms with Crippen LogP contribution in [0.3, 0.4) is 0 Å². The van der Waals surface area contributed by atoms with Gasteiger partial charge in [0.1, 0.15) is 11.6 Å². The topological polar surface area (TPSA) is 58.1 Å². The predicted octanol–water partition coefficient (Wildman–Crippen LogP) is 3.26. The largest absolute Gasteiger partial charge is 0.331 e. The molecule has 2 aromatic rings. The van der Waals surface area contributed by atoms with E-state index < -0.39 is 0 Å². The smallest absolute Gasteiger partial charge is 0.298 e. The molecule has 1 atom stereocenters. The minimum absolute atomic E-state index is 0.0800. The third-order valence-electron chi connectivity index (χ3n) is 4.34. The van der Waals surface area contributed by atoms with Crippen LogP contribution in [0.25, 0.3) is 0 Å². The van der Waals surface area contributed by atoms with Crippen LogP contribution in [-0.2, 0) is 4.79 Å². The molecule has 3 heterocycles. The maximum atomic E-state index is 12.0. The van der Waals surface area contributed by atoms with Gasteiger partial charge in [-0.25, -0.2) is 9.97 Å². The number of nitrogens with zero attached hydrogens (tertiary/aromatic N) is 3. The summed E-state index contributed by atoms with van der Waals surface area (Å²) in [4.78, 5) is 22.7. The molecule has 0 spiro atoms. The van der Waals surface area contributed by atoms with Crippen molar-refractivity contribution in [2.75, 3.05) is 18.4 Å². The lowest BCUT2D eigenvalue weighted by atomic mass is 9.91. The Hall–Kier alpha value is -2.87. The van der Waals surface area contributed by atoms with Gasteiger partial charge in [0.2, 0.25) is 0 Å². The van der Waals surface area contributed by atoms with E-state index >= 15 is 0 Å². The first-order valence-corrected chi connectivity index (χ1v) is 8.54.